The highest BCUT2D eigenvalue weighted by Crippen LogP contribution is 2.18. The predicted octanol–water partition coefficient (Wildman–Crippen LogP) is 3.70. The summed E-state index contributed by atoms with van der Waals surface area (Å²) in [5, 5.41) is 0. The zero-order chi connectivity index (χ0) is 13.8. The molecular weight excluding hydrogens is 254 g/mol. The summed E-state index contributed by atoms with van der Waals surface area (Å²) in [6.07, 6.45) is 0. The highest BCUT2D eigenvalue weighted by molar-refractivity contribution is 7.84. The zero-order valence-corrected chi connectivity index (χ0v) is 12.1. The SMILES string of the molecule is CC(C)c1ccc(S(=O)Cc2cccc(N)c2)cc1. The lowest BCUT2D eigenvalue weighted by atomic mass is 10.0. The number of nitrogen functional groups attached to an aromatic ring is 1. The summed E-state index contributed by atoms with van der Waals surface area (Å²) < 4.78 is 12.3. The summed E-state index contributed by atoms with van der Waals surface area (Å²) in [7, 11) is -1.02. The fourth-order valence-electron chi connectivity index (χ4n) is 1.92. The summed E-state index contributed by atoms with van der Waals surface area (Å²) in [5.74, 6) is 1.00. The normalized spacial score (nSPS) is 12.6. The predicted molar refractivity (Wildman–Crippen MR) is 81.5 cm³/mol. The highest BCUT2D eigenvalue weighted by Gasteiger charge is 2.06. The van der Waals surface area contributed by atoms with Crippen LogP contribution in [0.2, 0.25) is 0 Å². The summed E-state index contributed by atoms with van der Waals surface area (Å²) in [6.45, 7) is 4.30. The van der Waals surface area contributed by atoms with Crippen LogP contribution in [0.15, 0.2) is 53.4 Å². The number of hydrogen-bond donors (Lipinski definition) is 1. The quantitative estimate of drug-likeness (QED) is 0.863. The molecular formula is C16H19NOS. The largest absolute Gasteiger partial charge is 0.399 e. The van der Waals surface area contributed by atoms with Crippen molar-refractivity contribution in [1.29, 1.82) is 0 Å². The topological polar surface area (TPSA) is 43.1 Å². The van der Waals surface area contributed by atoms with E-state index in [1.807, 2.05) is 36.4 Å². The second-order valence-electron chi connectivity index (χ2n) is 4.96. The molecule has 100 valence electrons. The molecule has 0 amide bonds. The lowest BCUT2D eigenvalue weighted by Gasteiger charge is -2.07. The number of nitrogens with two attached hydrogens (primary N) is 1. The summed E-state index contributed by atoms with van der Waals surface area (Å²) >= 11 is 0. The fourth-order valence-corrected chi connectivity index (χ4v) is 3.01. The van der Waals surface area contributed by atoms with Gasteiger partial charge in [-0.2, -0.15) is 0 Å². The van der Waals surface area contributed by atoms with Crippen LogP contribution in [0, 0.1) is 0 Å². The molecule has 1 unspecified atom stereocenters. The van der Waals surface area contributed by atoms with E-state index >= 15 is 0 Å². The van der Waals surface area contributed by atoms with Crippen LogP contribution in [0.4, 0.5) is 5.69 Å². The summed E-state index contributed by atoms with van der Waals surface area (Å²) in [5.41, 5.74) is 8.71. The van der Waals surface area contributed by atoms with E-state index in [4.69, 9.17) is 5.73 Å². The van der Waals surface area contributed by atoms with E-state index in [1.54, 1.807) is 0 Å². The monoisotopic (exact) mass is 273 g/mol. The molecule has 0 saturated heterocycles. The van der Waals surface area contributed by atoms with Crippen LogP contribution in [-0.4, -0.2) is 4.21 Å². The maximum atomic E-state index is 12.3. The van der Waals surface area contributed by atoms with E-state index in [1.165, 1.54) is 5.56 Å². The van der Waals surface area contributed by atoms with E-state index in [0.717, 1.165) is 10.5 Å². The molecule has 2 rings (SSSR count). The number of anilines is 1. The third-order valence-electron chi connectivity index (χ3n) is 3.06. The molecule has 0 heterocycles. The maximum Gasteiger partial charge on any atom is 0.0574 e. The van der Waals surface area contributed by atoms with Gasteiger partial charge < -0.3 is 5.73 Å². The van der Waals surface area contributed by atoms with Crippen LogP contribution in [0.25, 0.3) is 0 Å². The molecule has 2 aromatic rings. The molecule has 2 nitrogen and oxygen atoms in total. The van der Waals surface area contributed by atoms with E-state index < -0.39 is 10.8 Å². The standard InChI is InChI=1S/C16H19NOS/c1-12(2)14-6-8-16(9-7-14)19(18)11-13-4-3-5-15(17)10-13/h3-10,12H,11,17H2,1-2H3. The van der Waals surface area contributed by atoms with Gasteiger partial charge in [0.05, 0.1) is 16.6 Å². The Kier molecular flexibility index (Phi) is 4.38. The molecule has 2 aromatic carbocycles. The number of hydrogen-bond acceptors (Lipinski definition) is 2. The van der Waals surface area contributed by atoms with Gasteiger partial charge in [0.1, 0.15) is 0 Å². The van der Waals surface area contributed by atoms with E-state index in [9.17, 15) is 4.21 Å². The van der Waals surface area contributed by atoms with Crippen molar-refractivity contribution in [1.82, 2.24) is 0 Å². The summed E-state index contributed by atoms with van der Waals surface area (Å²) in [4.78, 5) is 0.867. The molecule has 0 radical (unpaired) electrons. The van der Waals surface area contributed by atoms with E-state index in [2.05, 4.69) is 26.0 Å². The first-order valence-corrected chi connectivity index (χ1v) is 7.71. The zero-order valence-electron chi connectivity index (χ0n) is 11.3. The van der Waals surface area contributed by atoms with Crippen LogP contribution in [0.5, 0.6) is 0 Å². The Morgan fingerprint density at radius 2 is 1.79 bits per heavy atom. The first-order chi connectivity index (χ1) is 9.06. The Hall–Kier alpha value is -1.61. The highest BCUT2D eigenvalue weighted by atomic mass is 32.2. The van der Waals surface area contributed by atoms with Crippen LogP contribution < -0.4 is 5.73 Å². The van der Waals surface area contributed by atoms with Crippen LogP contribution in [-0.2, 0) is 16.6 Å². The molecule has 0 aromatic heterocycles. The third-order valence-corrected chi connectivity index (χ3v) is 4.45. The Morgan fingerprint density at radius 3 is 2.37 bits per heavy atom. The van der Waals surface area contributed by atoms with Crippen molar-refractivity contribution in [2.75, 3.05) is 5.73 Å². The number of benzene rings is 2. The second kappa shape index (κ2) is 6.02. The molecule has 0 fully saturated rings. The smallest absolute Gasteiger partial charge is 0.0574 e. The molecule has 0 aliphatic carbocycles. The molecule has 1 atom stereocenters. The van der Waals surface area contributed by atoms with Gasteiger partial charge in [-0.05, 0) is 41.3 Å². The van der Waals surface area contributed by atoms with Gasteiger partial charge in [0, 0.05) is 10.6 Å². The molecule has 3 heteroatoms. The average molecular weight is 273 g/mol. The average Bonchev–Trinajstić information content (AvgIpc) is 2.39. The Morgan fingerprint density at radius 1 is 1.11 bits per heavy atom. The van der Waals surface area contributed by atoms with Crippen molar-refractivity contribution < 1.29 is 4.21 Å². The maximum absolute atomic E-state index is 12.3. The van der Waals surface area contributed by atoms with Crippen molar-refractivity contribution in [2.45, 2.75) is 30.4 Å². The van der Waals surface area contributed by atoms with Gasteiger partial charge in [0.15, 0.2) is 0 Å². The van der Waals surface area contributed by atoms with Crippen molar-refractivity contribution in [3.63, 3.8) is 0 Å². The first-order valence-electron chi connectivity index (χ1n) is 6.39. The van der Waals surface area contributed by atoms with Gasteiger partial charge in [-0.3, -0.25) is 4.21 Å². The molecule has 0 bridgehead atoms. The minimum atomic E-state index is -1.02. The van der Waals surface area contributed by atoms with E-state index in [0.29, 0.717) is 17.4 Å². The van der Waals surface area contributed by atoms with Gasteiger partial charge in [-0.15, -0.1) is 0 Å². The minimum Gasteiger partial charge on any atom is -0.399 e. The first kappa shape index (κ1) is 13.8. The van der Waals surface area contributed by atoms with Crippen LogP contribution >= 0.6 is 0 Å². The Bertz CT molecular complexity index is 576. The van der Waals surface area contributed by atoms with Crippen molar-refractivity contribution in [3.05, 3.63) is 59.7 Å². The van der Waals surface area contributed by atoms with Crippen LogP contribution in [0.1, 0.15) is 30.9 Å². The minimum absolute atomic E-state index is 0.497. The molecule has 0 saturated carbocycles. The van der Waals surface area contributed by atoms with E-state index in [-0.39, 0.29) is 0 Å². The van der Waals surface area contributed by atoms with Gasteiger partial charge in [0.25, 0.3) is 0 Å². The van der Waals surface area contributed by atoms with Crippen molar-refractivity contribution >= 4 is 16.5 Å². The molecule has 2 N–H and O–H groups in total. The van der Waals surface area contributed by atoms with Gasteiger partial charge >= 0.3 is 0 Å². The molecule has 0 spiro atoms. The van der Waals surface area contributed by atoms with Crippen molar-refractivity contribution in [2.24, 2.45) is 0 Å². The lowest BCUT2D eigenvalue weighted by Crippen LogP contribution is -1.98. The molecule has 19 heavy (non-hydrogen) atoms. The van der Waals surface area contributed by atoms with Crippen molar-refractivity contribution in [3.8, 4) is 0 Å². The Balaban J connectivity index is 2.11. The lowest BCUT2D eigenvalue weighted by molar-refractivity contribution is 0.682. The molecule has 0 aliphatic rings. The molecule has 0 aliphatic heterocycles. The van der Waals surface area contributed by atoms with Crippen LogP contribution in [0.3, 0.4) is 0 Å². The Labute approximate surface area is 117 Å². The number of rotatable bonds is 4. The van der Waals surface area contributed by atoms with Gasteiger partial charge in [-0.25, -0.2) is 0 Å². The third kappa shape index (κ3) is 3.67. The van der Waals surface area contributed by atoms with Gasteiger partial charge in [0.2, 0.25) is 0 Å². The second-order valence-corrected chi connectivity index (χ2v) is 6.41. The fraction of sp³-hybridized carbons (Fsp3) is 0.250. The summed E-state index contributed by atoms with van der Waals surface area (Å²) in [6, 6.07) is 15.6. The van der Waals surface area contributed by atoms with Gasteiger partial charge in [-0.1, -0.05) is 38.1 Å².